The number of nitrogens with zero attached hydrogens (tertiary/aromatic N) is 5. The maximum atomic E-state index is 13.5. The molecule has 45 heavy (non-hydrogen) atoms. The monoisotopic (exact) mass is 632 g/mol. The Morgan fingerprint density at radius 3 is 2.56 bits per heavy atom. The van der Waals surface area contributed by atoms with E-state index in [0.29, 0.717) is 35.0 Å². The van der Waals surface area contributed by atoms with Crippen molar-refractivity contribution in [3.8, 4) is 0 Å². The van der Waals surface area contributed by atoms with Crippen LogP contribution in [0.4, 0.5) is 17.5 Å². The lowest BCUT2D eigenvalue weighted by atomic mass is 10.1. The van der Waals surface area contributed by atoms with Crippen LogP contribution in [0, 0.1) is 11.8 Å². The molecule has 1 saturated carbocycles. The van der Waals surface area contributed by atoms with Gasteiger partial charge in [0.15, 0.2) is 23.0 Å². The number of nitrogens with two attached hydrogens (primary N) is 2. The largest absolute Gasteiger partial charge is 0.458 e. The Balaban J connectivity index is 1.09. The number of para-hydroxylation sites is 1. The normalized spacial score (nSPS) is 19.7. The van der Waals surface area contributed by atoms with Crippen LogP contribution in [-0.2, 0) is 29.7 Å². The third kappa shape index (κ3) is 7.51. The Hall–Kier alpha value is -4.29. The van der Waals surface area contributed by atoms with Crippen LogP contribution in [0.5, 0.6) is 0 Å². The van der Waals surface area contributed by atoms with Gasteiger partial charge in [0.05, 0.1) is 31.8 Å². The van der Waals surface area contributed by atoms with Crippen molar-refractivity contribution >= 4 is 42.3 Å². The number of nitrogen functional groups attached to an aromatic ring is 1. The van der Waals surface area contributed by atoms with Gasteiger partial charge in [-0.25, -0.2) is 24.9 Å². The number of aromatic nitrogens is 4. The Bertz CT molecular complexity index is 1700. The lowest BCUT2D eigenvalue weighted by molar-refractivity contribution is -0.138. The van der Waals surface area contributed by atoms with E-state index >= 15 is 0 Å². The number of hydrogen-bond donors (Lipinski definition) is 3. The molecule has 0 aliphatic heterocycles. The van der Waals surface area contributed by atoms with Crippen molar-refractivity contribution in [2.24, 2.45) is 17.3 Å². The van der Waals surface area contributed by atoms with E-state index in [2.05, 4.69) is 20.3 Å². The van der Waals surface area contributed by atoms with Crippen LogP contribution < -0.4 is 21.6 Å². The van der Waals surface area contributed by atoms with Crippen LogP contribution >= 0.6 is 7.75 Å². The number of benzene rings is 2. The first kappa shape index (κ1) is 30.7. The number of carbonyl (C=O) groups excluding carboxylic acids is 1. The first-order valence-corrected chi connectivity index (χ1v) is 16.5. The van der Waals surface area contributed by atoms with Crippen LogP contribution in [0.1, 0.15) is 30.9 Å². The van der Waals surface area contributed by atoms with Gasteiger partial charge >= 0.3 is 13.7 Å². The van der Waals surface area contributed by atoms with Crippen LogP contribution in [0.25, 0.3) is 11.2 Å². The smallest absolute Gasteiger partial charge is 0.378 e. The average molecular weight is 633 g/mol. The van der Waals surface area contributed by atoms with Gasteiger partial charge in [-0.15, -0.1) is 0 Å². The molecule has 2 heterocycles. The molecule has 236 valence electrons. The second-order valence-electron chi connectivity index (χ2n) is 11.3. The molecule has 6 rings (SSSR count). The zero-order valence-electron chi connectivity index (χ0n) is 24.9. The first-order chi connectivity index (χ1) is 21.8. The van der Waals surface area contributed by atoms with Crippen molar-refractivity contribution in [1.29, 1.82) is 0 Å². The maximum Gasteiger partial charge on any atom is 0.458 e. The minimum absolute atomic E-state index is 0.0119. The third-order valence-corrected chi connectivity index (χ3v) is 8.86. The summed E-state index contributed by atoms with van der Waals surface area (Å²) in [4.78, 5) is 32.4. The van der Waals surface area contributed by atoms with Crippen molar-refractivity contribution < 1.29 is 23.2 Å². The summed E-state index contributed by atoms with van der Waals surface area (Å²) in [6, 6.07) is 17.4. The van der Waals surface area contributed by atoms with E-state index in [1.165, 1.54) is 25.0 Å². The van der Waals surface area contributed by atoms with E-state index < -0.39 is 19.8 Å². The number of carbonyl (C=O) groups is 1. The lowest BCUT2D eigenvalue weighted by Gasteiger charge is -2.30. The van der Waals surface area contributed by atoms with Gasteiger partial charge in [0.2, 0.25) is 5.95 Å². The molecule has 0 radical (unpaired) electrons. The van der Waals surface area contributed by atoms with Crippen LogP contribution in [0.15, 0.2) is 79.1 Å². The topological polar surface area (TPSA) is 173 Å². The quantitative estimate of drug-likeness (QED) is 0.0999. The molecule has 4 aromatic rings. The average Bonchev–Trinajstić information content (AvgIpc) is 3.58. The standard InChI is InChI=1S/C31H37N8O5P/c1-42-39(24-10-6-3-7-11-24)26(17-21-8-4-2-5-9-21)30(40)44-45(33,41)43-19-23-14-15-25(16-23)38-20-35-27-28(34-18-22-12-13-22)36-31(32)37-29(27)38/h2-11,14-15,20,22-23,25-26H,12-13,16-19H2,1H3,(H2,33,41)(H3,32,34,36,37)/t23-,25+,26+,45?/m1/s1. The van der Waals surface area contributed by atoms with Crippen molar-refractivity contribution in [2.45, 2.75) is 37.8 Å². The van der Waals surface area contributed by atoms with Crippen molar-refractivity contribution in [1.82, 2.24) is 19.5 Å². The lowest BCUT2D eigenvalue weighted by Crippen LogP contribution is -2.43. The molecule has 2 aliphatic rings. The zero-order chi connectivity index (χ0) is 31.4. The SMILES string of the molecule is CON(c1ccccc1)[C@@H](Cc1ccccc1)C(=O)OP(N)(=O)OC[C@@H]1C=C[C@H](n2cnc3c(NCC4CC4)nc(N)nc32)C1. The number of imidazole rings is 1. The number of rotatable bonds is 14. The fourth-order valence-electron chi connectivity index (χ4n) is 5.44. The van der Waals surface area contributed by atoms with Gasteiger partial charge in [0, 0.05) is 18.9 Å². The van der Waals surface area contributed by atoms with E-state index in [1.807, 2.05) is 65.3 Å². The first-order valence-electron chi connectivity index (χ1n) is 14.9. The molecular formula is C31H37N8O5P. The van der Waals surface area contributed by atoms with Crippen molar-refractivity contribution in [2.75, 3.05) is 36.4 Å². The highest BCUT2D eigenvalue weighted by Gasteiger charge is 2.35. The molecule has 0 spiro atoms. The fraction of sp³-hybridized carbons (Fsp3) is 0.355. The second kappa shape index (κ2) is 13.4. The summed E-state index contributed by atoms with van der Waals surface area (Å²) >= 11 is 0. The molecule has 0 amide bonds. The van der Waals surface area contributed by atoms with Gasteiger partial charge in [-0.05, 0) is 42.9 Å². The molecule has 2 aromatic carbocycles. The molecule has 1 unspecified atom stereocenters. The van der Waals surface area contributed by atoms with Gasteiger partial charge in [-0.1, -0.05) is 60.7 Å². The summed E-state index contributed by atoms with van der Waals surface area (Å²) < 4.78 is 26.1. The Morgan fingerprint density at radius 1 is 1.11 bits per heavy atom. The Kier molecular flexibility index (Phi) is 9.13. The zero-order valence-corrected chi connectivity index (χ0v) is 25.8. The molecule has 4 atom stereocenters. The summed E-state index contributed by atoms with van der Waals surface area (Å²) in [7, 11) is -2.82. The number of fused-ring (bicyclic) bond motifs is 1. The molecule has 0 saturated heterocycles. The molecule has 13 nitrogen and oxygen atoms in total. The predicted molar refractivity (Wildman–Crippen MR) is 171 cm³/mol. The van der Waals surface area contributed by atoms with Crippen LogP contribution in [0.3, 0.4) is 0 Å². The van der Waals surface area contributed by atoms with Gasteiger partial charge in [-0.3, -0.25) is 9.36 Å². The van der Waals surface area contributed by atoms with Gasteiger partial charge in [0.1, 0.15) is 0 Å². The Labute approximate surface area is 261 Å². The number of nitrogens with one attached hydrogen (secondary N) is 1. The number of allylic oxidation sites excluding steroid dienone is 1. The van der Waals surface area contributed by atoms with Gasteiger partial charge in [-0.2, -0.15) is 9.97 Å². The molecule has 1 fully saturated rings. The molecule has 5 N–H and O–H groups in total. The van der Waals surface area contributed by atoms with E-state index in [1.54, 1.807) is 18.5 Å². The maximum absolute atomic E-state index is 13.5. The minimum atomic E-state index is -4.27. The second-order valence-corrected chi connectivity index (χ2v) is 12.8. The molecule has 2 aliphatic carbocycles. The number of hydrogen-bond acceptors (Lipinski definition) is 11. The van der Waals surface area contributed by atoms with Crippen molar-refractivity contribution in [3.63, 3.8) is 0 Å². The highest BCUT2D eigenvalue weighted by molar-refractivity contribution is 7.51. The summed E-state index contributed by atoms with van der Waals surface area (Å²) in [5.41, 5.74) is 14.7. The molecule has 14 heteroatoms. The minimum Gasteiger partial charge on any atom is -0.378 e. The fourth-order valence-corrected chi connectivity index (χ4v) is 6.27. The van der Waals surface area contributed by atoms with E-state index in [4.69, 9.17) is 25.1 Å². The van der Waals surface area contributed by atoms with Crippen molar-refractivity contribution in [3.05, 3.63) is 84.7 Å². The summed E-state index contributed by atoms with van der Waals surface area (Å²) in [6.45, 7) is 0.815. The summed E-state index contributed by atoms with van der Waals surface area (Å²) in [5.74, 6) is 0.478. The van der Waals surface area contributed by atoms with E-state index in [0.717, 1.165) is 12.1 Å². The van der Waals surface area contributed by atoms with Crippen LogP contribution in [-0.4, -0.2) is 51.8 Å². The van der Waals surface area contributed by atoms with E-state index in [9.17, 15) is 9.36 Å². The number of hydroxylamine groups is 1. The highest BCUT2D eigenvalue weighted by atomic mass is 31.2. The van der Waals surface area contributed by atoms with Gasteiger partial charge in [0.25, 0.3) is 0 Å². The molecule has 2 aromatic heterocycles. The van der Waals surface area contributed by atoms with E-state index in [-0.39, 0.29) is 30.9 Å². The highest BCUT2D eigenvalue weighted by Crippen LogP contribution is 2.42. The molecular weight excluding hydrogens is 595 g/mol. The molecule has 0 bridgehead atoms. The number of anilines is 3. The Morgan fingerprint density at radius 2 is 1.84 bits per heavy atom. The van der Waals surface area contributed by atoms with Gasteiger partial charge < -0.3 is 20.1 Å². The van der Waals surface area contributed by atoms with Crippen LogP contribution in [0.2, 0.25) is 0 Å². The summed E-state index contributed by atoms with van der Waals surface area (Å²) in [5, 5.41) is 4.77. The summed E-state index contributed by atoms with van der Waals surface area (Å²) in [6.07, 6.45) is 8.93. The third-order valence-electron chi connectivity index (χ3n) is 7.92. The predicted octanol–water partition coefficient (Wildman–Crippen LogP) is 4.65.